The second-order valence-electron chi connectivity index (χ2n) is 6.71. The summed E-state index contributed by atoms with van der Waals surface area (Å²) in [6.07, 6.45) is 0.756. The van der Waals surface area contributed by atoms with Crippen molar-refractivity contribution in [3.63, 3.8) is 0 Å². The van der Waals surface area contributed by atoms with E-state index in [-0.39, 0.29) is 48.9 Å². The van der Waals surface area contributed by atoms with Crippen LogP contribution in [0, 0.1) is 10.8 Å². The maximum absolute atomic E-state index is 9.68. The summed E-state index contributed by atoms with van der Waals surface area (Å²) in [4.78, 5) is 0. The maximum atomic E-state index is 9.68. The molecule has 0 aromatic carbocycles. The molecule has 0 saturated heterocycles. The van der Waals surface area contributed by atoms with Crippen molar-refractivity contribution < 1.29 is 41.5 Å². The zero-order valence-electron chi connectivity index (χ0n) is 13.1. The van der Waals surface area contributed by atoms with Crippen LogP contribution in [0.2, 0.25) is 0 Å². The first-order valence-electron chi connectivity index (χ1n) is 6.06. The molecule has 4 heteroatoms. The molecular formula is C14H30O3Zr. The molecule has 0 aliphatic carbocycles. The first-order chi connectivity index (χ1) is 7.28. The average Bonchev–Trinajstić information content (AvgIpc) is 1.98. The van der Waals surface area contributed by atoms with Crippen LogP contribution in [-0.2, 0) is 26.2 Å². The minimum Gasteiger partial charge on any atom is -0.512 e. The number of aliphatic hydroxyl groups is 3. The molecule has 0 aliphatic heterocycles. The topological polar surface area (TPSA) is 60.7 Å². The van der Waals surface area contributed by atoms with Crippen LogP contribution in [0.5, 0.6) is 0 Å². The standard InChI is InChI=1S/C11H22O2.C3H8O.Zr/c1-10(2,3)8(12)7-9(13)11(4,5)6;1-3(2)4;/h7-8,12-13H,1-6H3;3-4H,1-2H3;. The summed E-state index contributed by atoms with van der Waals surface area (Å²) in [5.41, 5.74) is -0.508. The van der Waals surface area contributed by atoms with Gasteiger partial charge in [-0.15, -0.1) is 0 Å². The summed E-state index contributed by atoms with van der Waals surface area (Å²) in [6.45, 7) is 15.0. The predicted octanol–water partition coefficient (Wildman–Crippen LogP) is 3.27. The van der Waals surface area contributed by atoms with E-state index < -0.39 is 6.10 Å². The summed E-state index contributed by atoms with van der Waals surface area (Å²) >= 11 is 0. The van der Waals surface area contributed by atoms with Gasteiger partial charge in [-0.05, 0) is 25.3 Å². The third-order valence-corrected chi connectivity index (χ3v) is 1.97. The molecule has 3 N–H and O–H groups in total. The molecule has 0 radical (unpaired) electrons. The first-order valence-corrected chi connectivity index (χ1v) is 6.06. The molecule has 0 fully saturated rings. The van der Waals surface area contributed by atoms with Gasteiger partial charge in [0.15, 0.2) is 0 Å². The van der Waals surface area contributed by atoms with Gasteiger partial charge in [-0.3, -0.25) is 0 Å². The third-order valence-electron chi connectivity index (χ3n) is 1.97. The van der Waals surface area contributed by atoms with Crippen molar-refractivity contribution in [2.45, 2.75) is 67.6 Å². The van der Waals surface area contributed by atoms with Crippen molar-refractivity contribution in [3.8, 4) is 0 Å². The number of hydrogen-bond donors (Lipinski definition) is 3. The van der Waals surface area contributed by atoms with E-state index in [9.17, 15) is 10.2 Å². The molecule has 0 rings (SSSR count). The van der Waals surface area contributed by atoms with Crippen molar-refractivity contribution in [3.05, 3.63) is 11.8 Å². The molecule has 0 bridgehead atoms. The Bertz CT molecular complexity index is 232. The largest absolute Gasteiger partial charge is 0.512 e. The fraction of sp³-hybridized carbons (Fsp3) is 0.857. The van der Waals surface area contributed by atoms with E-state index in [1.165, 1.54) is 6.08 Å². The van der Waals surface area contributed by atoms with Crippen LogP contribution in [-0.4, -0.2) is 27.5 Å². The van der Waals surface area contributed by atoms with Crippen molar-refractivity contribution in [1.82, 2.24) is 0 Å². The van der Waals surface area contributed by atoms with E-state index in [2.05, 4.69) is 0 Å². The van der Waals surface area contributed by atoms with E-state index in [1.54, 1.807) is 13.8 Å². The Morgan fingerprint density at radius 2 is 1.22 bits per heavy atom. The molecule has 0 aromatic rings. The summed E-state index contributed by atoms with van der Waals surface area (Å²) in [5.74, 6) is 0.245. The van der Waals surface area contributed by atoms with Crippen LogP contribution >= 0.6 is 0 Å². The van der Waals surface area contributed by atoms with Crippen molar-refractivity contribution in [2.24, 2.45) is 10.8 Å². The van der Waals surface area contributed by atoms with Gasteiger partial charge in [0.1, 0.15) is 0 Å². The molecule has 1 atom stereocenters. The van der Waals surface area contributed by atoms with Crippen LogP contribution in [0.15, 0.2) is 11.8 Å². The fourth-order valence-corrected chi connectivity index (χ4v) is 0.650. The minimum atomic E-state index is -0.605. The van der Waals surface area contributed by atoms with Crippen LogP contribution in [0.1, 0.15) is 55.4 Å². The Balaban J connectivity index is -0.000000392. The Labute approximate surface area is 131 Å². The summed E-state index contributed by atoms with van der Waals surface area (Å²) in [7, 11) is 0. The zero-order chi connectivity index (χ0) is 14.4. The summed E-state index contributed by atoms with van der Waals surface area (Å²) < 4.78 is 0. The van der Waals surface area contributed by atoms with Crippen LogP contribution in [0.25, 0.3) is 0 Å². The fourth-order valence-electron chi connectivity index (χ4n) is 0.650. The second kappa shape index (κ2) is 9.28. The Morgan fingerprint density at radius 3 is 1.39 bits per heavy atom. The normalized spacial score (nSPS) is 14.5. The number of aliphatic hydroxyl groups excluding tert-OH is 3. The Kier molecular flexibility index (Phi) is 12.1. The van der Waals surface area contributed by atoms with E-state index in [0.717, 1.165) is 0 Å². The van der Waals surface area contributed by atoms with Crippen LogP contribution < -0.4 is 0 Å². The van der Waals surface area contributed by atoms with Gasteiger partial charge in [0.05, 0.1) is 11.9 Å². The van der Waals surface area contributed by atoms with E-state index in [4.69, 9.17) is 5.11 Å². The molecule has 0 saturated carbocycles. The first kappa shape index (κ1) is 23.4. The summed E-state index contributed by atoms with van der Waals surface area (Å²) in [6, 6.07) is 0. The van der Waals surface area contributed by atoms with Crippen LogP contribution in [0.3, 0.4) is 0 Å². The third kappa shape index (κ3) is 14.4. The van der Waals surface area contributed by atoms with Gasteiger partial charge < -0.3 is 15.3 Å². The molecule has 0 spiro atoms. The number of allylic oxidation sites excluding steroid dienone is 1. The van der Waals surface area contributed by atoms with Crippen molar-refractivity contribution in [2.75, 3.05) is 0 Å². The number of rotatable bonds is 1. The Morgan fingerprint density at radius 1 is 0.944 bits per heavy atom. The van der Waals surface area contributed by atoms with Gasteiger partial charge in [-0.2, -0.15) is 0 Å². The van der Waals surface area contributed by atoms with Gasteiger partial charge in [-0.1, -0.05) is 41.5 Å². The quantitative estimate of drug-likeness (QED) is 0.644. The van der Waals surface area contributed by atoms with Crippen molar-refractivity contribution in [1.29, 1.82) is 0 Å². The molecular weight excluding hydrogens is 307 g/mol. The van der Waals surface area contributed by atoms with Gasteiger partial charge in [0.25, 0.3) is 0 Å². The van der Waals surface area contributed by atoms with Gasteiger partial charge in [0.2, 0.25) is 0 Å². The maximum Gasteiger partial charge on any atom is 0.0961 e. The molecule has 0 heterocycles. The molecule has 108 valence electrons. The molecule has 1 unspecified atom stereocenters. The number of hydrogen-bond acceptors (Lipinski definition) is 3. The second-order valence-corrected chi connectivity index (χ2v) is 6.71. The van der Waals surface area contributed by atoms with Gasteiger partial charge in [0, 0.05) is 37.7 Å². The molecule has 0 aliphatic rings. The SMILES string of the molecule is CC(C)(C)C(O)=CC(O)C(C)(C)C.CC(C)O.[Zr]. The van der Waals surface area contributed by atoms with E-state index >= 15 is 0 Å². The molecule has 0 aromatic heterocycles. The monoisotopic (exact) mass is 336 g/mol. The van der Waals surface area contributed by atoms with E-state index in [0.29, 0.717) is 0 Å². The summed E-state index contributed by atoms with van der Waals surface area (Å²) in [5, 5.41) is 27.4. The molecule has 18 heavy (non-hydrogen) atoms. The van der Waals surface area contributed by atoms with E-state index in [1.807, 2.05) is 41.5 Å². The molecule has 3 nitrogen and oxygen atoms in total. The molecule has 0 amide bonds. The van der Waals surface area contributed by atoms with Crippen molar-refractivity contribution >= 4 is 0 Å². The minimum absolute atomic E-state index is 0. The van der Waals surface area contributed by atoms with Crippen LogP contribution in [0.4, 0.5) is 0 Å². The predicted molar refractivity (Wildman–Crippen MR) is 73.0 cm³/mol. The average molecular weight is 338 g/mol. The Hall–Kier alpha value is 0.343. The zero-order valence-corrected chi connectivity index (χ0v) is 15.5. The smallest absolute Gasteiger partial charge is 0.0961 e. The van der Waals surface area contributed by atoms with Gasteiger partial charge in [-0.25, -0.2) is 0 Å². The van der Waals surface area contributed by atoms with Gasteiger partial charge >= 0.3 is 0 Å².